The van der Waals surface area contributed by atoms with Gasteiger partial charge in [-0.2, -0.15) is 0 Å². The van der Waals surface area contributed by atoms with Crippen LogP contribution in [0.4, 0.5) is 0 Å². The molecule has 8 heteroatoms. The molecule has 39 heavy (non-hydrogen) atoms. The number of aryl methyl sites for hydroxylation is 1. The minimum absolute atomic E-state index is 0.206. The van der Waals surface area contributed by atoms with Crippen LogP contribution in [0.3, 0.4) is 0 Å². The second-order valence-electron chi connectivity index (χ2n) is 12.7. The fraction of sp³-hybridized carbons (Fsp3) is 0.613. The smallest absolute Gasteiger partial charge is 0.263 e. The first-order chi connectivity index (χ1) is 18.9. The Kier molecular flexibility index (Phi) is 6.13. The number of nitrogens with one attached hydrogen (secondary N) is 1. The maximum absolute atomic E-state index is 13.6. The van der Waals surface area contributed by atoms with Crippen molar-refractivity contribution in [2.75, 3.05) is 32.7 Å². The van der Waals surface area contributed by atoms with E-state index < -0.39 is 11.9 Å². The van der Waals surface area contributed by atoms with Crippen LogP contribution in [0.2, 0.25) is 0 Å². The average Bonchev–Trinajstić information content (AvgIpc) is 2.89. The summed E-state index contributed by atoms with van der Waals surface area (Å²) in [6, 6.07) is 4.80. The first-order valence-corrected chi connectivity index (χ1v) is 14.7. The molecule has 6 aliphatic rings. The molecular weight excluding hydrogens is 490 g/mol. The number of hydrogen-bond acceptors (Lipinski definition) is 6. The molecule has 8 nitrogen and oxygen atoms in total. The number of imide groups is 1. The van der Waals surface area contributed by atoms with Crippen LogP contribution in [-0.4, -0.2) is 69.4 Å². The number of benzene rings is 1. The number of piperazine rings is 1. The summed E-state index contributed by atoms with van der Waals surface area (Å²) in [5, 5.41) is 2.79. The van der Waals surface area contributed by atoms with Gasteiger partial charge in [-0.15, -0.1) is 0 Å². The largest absolute Gasteiger partial charge is 0.295 e. The van der Waals surface area contributed by atoms with E-state index in [1.54, 1.807) is 6.92 Å². The molecule has 4 bridgehead atoms. The summed E-state index contributed by atoms with van der Waals surface area (Å²) in [5.41, 5.74) is 1.42. The van der Waals surface area contributed by atoms with Crippen molar-refractivity contribution in [2.45, 2.75) is 69.9 Å². The molecule has 0 radical (unpaired) electrons. The lowest BCUT2D eigenvalue weighted by Gasteiger charge is -2.61. The molecule has 6 fully saturated rings. The lowest BCUT2D eigenvalue weighted by Crippen LogP contribution is -2.63. The second-order valence-corrected chi connectivity index (χ2v) is 12.7. The number of carbonyl (C=O) groups excluding carboxylic acids is 2. The molecule has 2 aliphatic heterocycles. The fourth-order valence-electron chi connectivity index (χ4n) is 8.83. The monoisotopic (exact) mass is 527 g/mol. The van der Waals surface area contributed by atoms with Crippen molar-refractivity contribution in [3.63, 3.8) is 0 Å². The van der Waals surface area contributed by atoms with E-state index in [0.717, 1.165) is 43.9 Å². The van der Waals surface area contributed by atoms with Gasteiger partial charge in [-0.1, -0.05) is 17.9 Å². The molecule has 204 valence electrons. The highest BCUT2D eigenvalue weighted by Crippen LogP contribution is 2.57. The molecule has 1 atom stereocenters. The summed E-state index contributed by atoms with van der Waals surface area (Å²) in [4.78, 5) is 47.7. The van der Waals surface area contributed by atoms with Crippen molar-refractivity contribution in [3.8, 4) is 11.8 Å². The Balaban J connectivity index is 1.07. The summed E-state index contributed by atoms with van der Waals surface area (Å²) >= 11 is 0. The lowest BCUT2D eigenvalue weighted by atomic mass is 9.52. The van der Waals surface area contributed by atoms with Crippen LogP contribution in [0.25, 0.3) is 10.9 Å². The SMILES string of the molecule is Cc1nc2cccc(C#CCN3CCN(C45CC6CC(CC(C6)C4)C5)CC3)c2c(=O)n1C1CCC(=O)NC1=O. The number of hydrogen-bond donors (Lipinski definition) is 1. The molecule has 8 rings (SSSR count). The molecule has 1 aromatic heterocycles. The predicted molar refractivity (Wildman–Crippen MR) is 148 cm³/mol. The topological polar surface area (TPSA) is 87.5 Å². The Hall–Kier alpha value is -3.02. The standard InChI is InChI=1S/C31H37N5O3/c1-20-32-25-6-2-4-24(28(25)30(39)36(20)26-7-8-27(37)33-29(26)38)5-3-9-34-10-12-35(13-11-34)31-17-21-14-22(18-31)16-23(15-21)19-31/h2,4,6,21-23,26H,7-19H2,1H3,(H,33,37,38). The summed E-state index contributed by atoms with van der Waals surface area (Å²) in [6.45, 7) is 6.73. The summed E-state index contributed by atoms with van der Waals surface area (Å²) in [5.74, 6) is 9.20. The van der Waals surface area contributed by atoms with Crippen LogP contribution in [0, 0.1) is 36.5 Å². The van der Waals surface area contributed by atoms with Crippen LogP contribution in [0.1, 0.15) is 68.8 Å². The van der Waals surface area contributed by atoms with E-state index in [-0.39, 0.29) is 17.9 Å². The Bertz CT molecular complexity index is 1420. The molecule has 1 aromatic carbocycles. The van der Waals surface area contributed by atoms with Crippen LogP contribution < -0.4 is 10.9 Å². The molecule has 2 aromatic rings. The van der Waals surface area contributed by atoms with Crippen molar-refractivity contribution in [2.24, 2.45) is 17.8 Å². The maximum atomic E-state index is 13.6. The summed E-state index contributed by atoms with van der Waals surface area (Å²) < 4.78 is 1.43. The molecular formula is C31H37N5O3. The van der Waals surface area contributed by atoms with Gasteiger partial charge in [-0.05, 0) is 81.8 Å². The van der Waals surface area contributed by atoms with Gasteiger partial charge < -0.3 is 0 Å². The average molecular weight is 528 g/mol. The number of piperidine rings is 1. The highest BCUT2D eigenvalue weighted by Gasteiger charge is 2.53. The van der Waals surface area contributed by atoms with Crippen LogP contribution in [0.15, 0.2) is 23.0 Å². The predicted octanol–water partition coefficient (Wildman–Crippen LogP) is 2.62. The van der Waals surface area contributed by atoms with Gasteiger partial charge in [0.15, 0.2) is 0 Å². The number of aromatic nitrogens is 2. The van der Waals surface area contributed by atoms with Crippen molar-refractivity contribution >= 4 is 22.7 Å². The molecule has 2 amide bonds. The molecule has 1 unspecified atom stereocenters. The normalized spacial score (nSPS) is 32.7. The fourth-order valence-corrected chi connectivity index (χ4v) is 8.83. The van der Waals surface area contributed by atoms with Crippen molar-refractivity contribution in [3.05, 3.63) is 39.9 Å². The van der Waals surface area contributed by atoms with Gasteiger partial charge >= 0.3 is 0 Å². The molecule has 0 spiro atoms. The van der Waals surface area contributed by atoms with Gasteiger partial charge in [-0.25, -0.2) is 4.98 Å². The Morgan fingerprint density at radius 1 is 1.00 bits per heavy atom. The van der Waals surface area contributed by atoms with E-state index in [9.17, 15) is 14.4 Å². The van der Waals surface area contributed by atoms with Gasteiger partial charge in [0.2, 0.25) is 11.8 Å². The first kappa shape index (κ1) is 25.0. The van der Waals surface area contributed by atoms with Gasteiger partial charge in [-0.3, -0.25) is 34.1 Å². The zero-order valence-electron chi connectivity index (χ0n) is 22.7. The van der Waals surface area contributed by atoms with Gasteiger partial charge in [0.1, 0.15) is 11.9 Å². The summed E-state index contributed by atoms with van der Waals surface area (Å²) in [7, 11) is 0. The Morgan fingerprint density at radius 2 is 1.69 bits per heavy atom. The number of carbonyl (C=O) groups is 2. The lowest BCUT2D eigenvalue weighted by molar-refractivity contribution is -0.135. The van der Waals surface area contributed by atoms with E-state index in [2.05, 4.69) is 31.9 Å². The van der Waals surface area contributed by atoms with Crippen LogP contribution >= 0.6 is 0 Å². The molecule has 4 aliphatic carbocycles. The van der Waals surface area contributed by atoms with E-state index in [1.807, 2.05) is 18.2 Å². The number of rotatable bonds is 3. The quantitative estimate of drug-likeness (QED) is 0.488. The first-order valence-electron chi connectivity index (χ1n) is 14.7. The van der Waals surface area contributed by atoms with E-state index in [1.165, 1.54) is 43.1 Å². The van der Waals surface area contributed by atoms with E-state index in [0.29, 0.717) is 40.8 Å². The van der Waals surface area contributed by atoms with Crippen molar-refractivity contribution in [1.82, 2.24) is 24.7 Å². The highest BCUT2D eigenvalue weighted by atomic mass is 16.2. The van der Waals surface area contributed by atoms with Crippen LogP contribution in [-0.2, 0) is 9.59 Å². The zero-order valence-corrected chi connectivity index (χ0v) is 22.7. The molecule has 4 saturated carbocycles. The van der Waals surface area contributed by atoms with E-state index in [4.69, 9.17) is 0 Å². The van der Waals surface area contributed by atoms with Gasteiger partial charge in [0.05, 0.1) is 17.4 Å². The third-order valence-electron chi connectivity index (χ3n) is 10.2. The van der Waals surface area contributed by atoms with E-state index >= 15 is 0 Å². The van der Waals surface area contributed by atoms with Crippen molar-refractivity contribution in [1.29, 1.82) is 0 Å². The number of amides is 2. The summed E-state index contributed by atoms with van der Waals surface area (Å²) in [6.07, 6.45) is 9.21. The maximum Gasteiger partial charge on any atom is 0.263 e. The Labute approximate surface area is 229 Å². The third-order valence-corrected chi connectivity index (χ3v) is 10.2. The molecule has 3 heterocycles. The Morgan fingerprint density at radius 3 is 2.36 bits per heavy atom. The zero-order chi connectivity index (χ0) is 26.7. The molecule has 2 saturated heterocycles. The van der Waals surface area contributed by atoms with Crippen molar-refractivity contribution < 1.29 is 9.59 Å². The minimum atomic E-state index is -0.738. The van der Waals surface area contributed by atoms with Crippen LogP contribution in [0.5, 0.6) is 0 Å². The minimum Gasteiger partial charge on any atom is -0.295 e. The van der Waals surface area contributed by atoms with Gasteiger partial charge in [0.25, 0.3) is 5.56 Å². The second kappa shape index (κ2) is 9.57. The number of nitrogens with zero attached hydrogens (tertiary/aromatic N) is 4. The highest BCUT2D eigenvalue weighted by molar-refractivity contribution is 5.99. The number of fused-ring (bicyclic) bond motifs is 1. The van der Waals surface area contributed by atoms with Gasteiger partial charge in [0, 0.05) is 43.7 Å². The third kappa shape index (κ3) is 4.40. The molecule has 1 N–H and O–H groups in total.